The van der Waals surface area contributed by atoms with E-state index in [1.807, 2.05) is 11.8 Å². The summed E-state index contributed by atoms with van der Waals surface area (Å²) in [7, 11) is 1.70. The van der Waals surface area contributed by atoms with E-state index in [1.165, 1.54) is 17.1 Å². The van der Waals surface area contributed by atoms with Crippen molar-refractivity contribution in [1.82, 2.24) is 9.88 Å². The van der Waals surface area contributed by atoms with E-state index < -0.39 is 0 Å². The summed E-state index contributed by atoms with van der Waals surface area (Å²) in [6.07, 6.45) is 1.82. The zero-order valence-electron chi connectivity index (χ0n) is 14.8. The number of benzene rings is 1. The number of anilines is 1. The first kappa shape index (κ1) is 21.2. The molecule has 0 aliphatic carbocycles. The number of aromatic nitrogens is 1. The standard InChI is InChI=1S/C18H23N3O2S.2ClH/c1-23-15-10-12(11-21-5-7-24-8-6-21)9-14-16(15)17-13(18(22)20-14)3-2-4-19-17;;/h9-10,19H,2-8,11H2,1H3,(H,20,22);2*1H. The molecule has 0 radical (unpaired) electrons. The molecule has 0 bridgehead atoms. The van der Waals surface area contributed by atoms with Crippen LogP contribution in [0.5, 0.6) is 5.75 Å². The fraction of sp³-hybridized carbons (Fsp3) is 0.500. The van der Waals surface area contributed by atoms with Gasteiger partial charge in [0.15, 0.2) is 0 Å². The van der Waals surface area contributed by atoms with Gasteiger partial charge in [0.1, 0.15) is 5.75 Å². The number of pyridine rings is 1. The molecule has 0 saturated carbocycles. The number of H-pyrrole nitrogens is 1. The van der Waals surface area contributed by atoms with Crippen LogP contribution in [0.25, 0.3) is 10.9 Å². The monoisotopic (exact) mass is 417 g/mol. The second-order valence-electron chi connectivity index (χ2n) is 6.45. The zero-order chi connectivity index (χ0) is 16.5. The lowest BCUT2D eigenvalue weighted by atomic mass is 9.99. The molecule has 0 atom stereocenters. The summed E-state index contributed by atoms with van der Waals surface area (Å²) in [5.41, 5.74) is 3.90. The number of ether oxygens (including phenoxy) is 1. The molecule has 144 valence electrons. The highest BCUT2D eigenvalue weighted by Crippen LogP contribution is 2.35. The molecule has 1 aromatic carbocycles. The highest BCUT2D eigenvalue weighted by atomic mass is 35.5. The van der Waals surface area contributed by atoms with Crippen molar-refractivity contribution in [3.8, 4) is 5.75 Å². The molecule has 2 N–H and O–H groups in total. The van der Waals surface area contributed by atoms with E-state index in [0.717, 1.165) is 66.9 Å². The van der Waals surface area contributed by atoms with Crippen molar-refractivity contribution >= 4 is 53.2 Å². The second-order valence-corrected chi connectivity index (χ2v) is 7.67. The average molecular weight is 418 g/mol. The van der Waals surface area contributed by atoms with Gasteiger partial charge in [-0.25, -0.2) is 0 Å². The number of thioether (sulfide) groups is 1. The minimum absolute atomic E-state index is 0. The Balaban J connectivity index is 0.00000121. The van der Waals surface area contributed by atoms with Gasteiger partial charge in [0.2, 0.25) is 0 Å². The molecule has 2 aliphatic rings. The summed E-state index contributed by atoms with van der Waals surface area (Å²) in [5, 5.41) is 4.41. The molecule has 4 rings (SSSR count). The van der Waals surface area contributed by atoms with Crippen LogP contribution in [0.4, 0.5) is 5.69 Å². The van der Waals surface area contributed by atoms with Crippen LogP contribution in [0.2, 0.25) is 0 Å². The van der Waals surface area contributed by atoms with Gasteiger partial charge in [-0.15, -0.1) is 24.8 Å². The van der Waals surface area contributed by atoms with Crippen molar-refractivity contribution in [2.24, 2.45) is 0 Å². The summed E-state index contributed by atoms with van der Waals surface area (Å²) in [4.78, 5) is 18.0. The Labute approximate surface area is 170 Å². The zero-order valence-corrected chi connectivity index (χ0v) is 17.2. The molecule has 5 nitrogen and oxygen atoms in total. The van der Waals surface area contributed by atoms with Gasteiger partial charge in [-0.2, -0.15) is 11.8 Å². The summed E-state index contributed by atoms with van der Waals surface area (Å²) in [6, 6.07) is 4.23. The number of hydrogen-bond acceptors (Lipinski definition) is 5. The maximum Gasteiger partial charge on any atom is 0.253 e. The number of nitrogens with zero attached hydrogens (tertiary/aromatic N) is 1. The second kappa shape index (κ2) is 9.22. The first-order valence-corrected chi connectivity index (χ1v) is 9.71. The lowest BCUT2D eigenvalue weighted by Gasteiger charge is -2.27. The quantitative estimate of drug-likeness (QED) is 0.801. The molecule has 26 heavy (non-hydrogen) atoms. The van der Waals surface area contributed by atoms with Gasteiger partial charge < -0.3 is 15.0 Å². The first-order valence-electron chi connectivity index (χ1n) is 8.56. The average Bonchev–Trinajstić information content (AvgIpc) is 2.62. The smallest absolute Gasteiger partial charge is 0.253 e. The van der Waals surface area contributed by atoms with Crippen molar-refractivity contribution in [3.63, 3.8) is 0 Å². The number of nitrogens with one attached hydrogen (secondary N) is 2. The van der Waals surface area contributed by atoms with Crippen LogP contribution in [0, 0.1) is 0 Å². The first-order chi connectivity index (χ1) is 11.8. The van der Waals surface area contributed by atoms with Gasteiger partial charge >= 0.3 is 0 Å². The Bertz CT molecular complexity index is 822. The highest BCUT2D eigenvalue weighted by molar-refractivity contribution is 7.99. The third kappa shape index (κ3) is 4.09. The van der Waals surface area contributed by atoms with E-state index in [4.69, 9.17) is 4.74 Å². The van der Waals surface area contributed by atoms with E-state index in [1.54, 1.807) is 7.11 Å². The van der Waals surface area contributed by atoms with Crippen molar-refractivity contribution in [3.05, 3.63) is 33.6 Å². The van der Waals surface area contributed by atoms with Crippen molar-refractivity contribution in [2.75, 3.05) is 43.6 Å². The minimum atomic E-state index is 0. The van der Waals surface area contributed by atoms with E-state index in [0.29, 0.717) is 0 Å². The Morgan fingerprint density at radius 2 is 2.00 bits per heavy atom. The molecule has 0 amide bonds. The molecule has 1 fully saturated rings. The topological polar surface area (TPSA) is 57.4 Å². The number of aromatic amines is 1. The third-order valence-corrected chi connectivity index (χ3v) is 5.81. The third-order valence-electron chi connectivity index (χ3n) is 4.87. The molecule has 3 heterocycles. The van der Waals surface area contributed by atoms with Crippen molar-refractivity contribution < 1.29 is 4.74 Å². The van der Waals surface area contributed by atoms with E-state index in [9.17, 15) is 4.79 Å². The van der Waals surface area contributed by atoms with Crippen LogP contribution >= 0.6 is 36.6 Å². The minimum Gasteiger partial charge on any atom is -0.496 e. The normalized spacial score (nSPS) is 16.8. The van der Waals surface area contributed by atoms with Crippen LogP contribution in [-0.4, -0.2) is 48.1 Å². The number of halogens is 2. The molecule has 2 aliphatic heterocycles. The summed E-state index contributed by atoms with van der Waals surface area (Å²) in [5.74, 6) is 3.23. The number of fused-ring (bicyclic) bond motifs is 3. The lowest BCUT2D eigenvalue weighted by molar-refractivity contribution is 0.294. The van der Waals surface area contributed by atoms with Crippen LogP contribution in [0.1, 0.15) is 17.5 Å². The van der Waals surface area contributed by atoms with Crippen molar-refractivity contribution in [1.29, 1.82) is 0 Å². The Morgan fingerprint density at radius 3 is 2.73 bits per heavy atom. The van der Waals surface area contributed by atoms with E-state index in [2.05, 4.69) is 27.3 Å². The molecule has 0 unspecified atom stereocenters. The summed E-state index contributed by atoms with van der Waals surface area (Å²) >= 11 is 2.01. The maximum absolute atomic E-state index is 12.4. The predicted molar refractivity (Wildman–Crippen MR) is 115 cm³/mol. The predicted octanol–water partition coefficient (Wildman–Crippen LogP) is 3.29. The summed E-state index contributed by atoms with van der Waals surface area (Å²) < 4.78 is 5.68. The molecule has 1 aromatic heterocycles. The molecule has 0 spiro atoms. The van der Waals surface area contributed by atoms with Crippen LogP contribution in [0.3, 0.4) is 0 Å². The molecular weight excluding hydrogens is 393 g/mol. The van der Waals surface area contributed by atoms with Crippen molar-refractivity contribution in [2.45, 2.75) is 19.4 Å². The molecule has 2 aromatic rings. The summed E-state index contributed by atoms with van der Waals surface area (Å²) in [6.45, 7) is 4.04. The highest BCUT2D eigenvalue weighted by Gasteiger charge is 2.20. The van der Waals surface area contributed by atoms with Gasteiger partial charge in [-0.3, -0.25) is 9.69 Å². The van der Waals surface area contributed by atoms with Crippen LogP contribution in [0.15, 0.2) is 16.9 Å². The number of methoxy groups -OCH3 is 1. The van der Waals surface area contributed by atoms with Crippen LogP contribution < -0.4 is 15.6 Å². The Hall–Kier alpha value is -1.08. The molecule has 1 saturated heterocycles. The van der Waals surface area contributed by atoms with Gasteiger partial charge in [0.25, 0.3) is 5.56 Å². The van der Waals surface area contributed by atoms with E-state index >= 15 is 0 Å². The SMILES string of the molecule is COc1cc(CN2CCSCC2)cc2[nH]c(=O)c3c(c12)NCCC3.Cl.Cl. The largest absolute Gasteiger partial charge is 0.496 e. The molecule has 8 heteroatoms. The Morgan fingerprint density at radius 1 is 1.23 bits per heavy atom. The van der Waals surface area contributed by atoms with Gasteiger partial charge in [-0.05, 0) is 30.5 Å². The van der Waals surface area contributed by atoms with Gasteiger partial charge in [0.05, 0.1) is 23.7 Å². The van der Waals surface area contributed by atoms with Gasteiger partial charge in [-0.1, -0.05) is 0 Å². The Kier molecular flexibility index (Phi) is 7.52. The van der Waals surface area contributed by atoms with Crippen LogP contribution in [-0.2, 0) is 13.0 Å². The van der Waals surface area contributed by atoms with Gasteiger partial charge in [0, 0.05) is 43.2 Å². The number of hydrogen-bond donors (Lipinski definition) is 2. The fourth-order valence-electron chi connectivity index (χ4n) is 3.67. The fourth-order valence-corrected chi connectivity index (χ4v) is 4.65. The maximum atomic E-state index is 12.4. The van der Waals surface area contributed by atoms with E-state index in [-0.39, 0.29) is 30.4 Å². The lowest BCUT2D eigenvalue weighted by Crippen LogP contribution is -2.32. The number of rotatable bonds is 3. The molecular formula is C18H25Cl2N3O2S.